The number of hydrogen-bond donors (Lipinski definition) is 1. The maximum absolute atomic E-state index is 5.78. The third-order valence-corrected chi connectivity index (χ3v) is 1.52. The predicted octanol–water partition coefficient (Wildman–Crippen LogP) is 1.28. The molecule has 0 bridgehead atoms. The fourth-order valence-electron chi connectivity index (χ4n) is 0.942. The van der Waals surface area contributed by atoms with E-state index in [1.807, 2.05) is 0 Å². The Morgan fingerprint density at radius 3 is 2.64 bits per heavy atom. The highest BCUT2D eigenvalue weighted by molar-refractivity contribution is 4.93. The van der Waals surface area contributed by atoms with Gasteiger partial charge in [-0.1, -0.05) is 13.3 Å². The first-order valence-electron chi connectivity index (χ1n) is 3.87. The number of hydrogen-bond acceptors (Lipinski definition) is 3. The topological polar surface area (TPSA) is 51.8 Å². The number of aromatic nitrogens is 2. The van der Waals surface area contributed by atoms with Crippen molar-refractivity contribution in [1.29, 1.82) is 0 Å². The van der Waals surface area contributed by atoms with E-state index in [1.165, 1.54) is 0 Å². The summed E-state index contributed by atoms with van der Waals surface area (Å²) >= 11 is 0. The maximum Gasteiger partial charge on any atom is 0.144 e. The third kappa shape index (κ3) is 2.27. The van der Waals surface area contributed by atoms with Gasteiger partial charge in [-0.05, 0) is 12.5 Å². The second-order valence-electron chi connectivity index (χ2n) is 2.50. The maximum atomic E-state index is 5.78. The van der Waals surface area contributed by atoms with Crippen LogP contribution in [-0.4, -0.2) is 9.97 Å². The number of nitrogens with two attached hydrogens (primary N) is 1. The fraction of sp³-hybridized carbons (Fsp3) is 0.500. The molecule has 11 heavy (non-hydrogen) atoms. The predicted molar refractivity (Wildman–Crippen MR) is 43.9 cm³/mol. The van der Waals surface area contributed by atoms with E-state index in [0.717, 1.165) is 18.7 Å². The molecule has 1 aromatic heterocycles. The van der Waals surface area contributed by atoms with Crippen LogP contribution in [-0.2, 0) is 0 Å². The first kappa shape index (κ1) is 8.14. The Morgan fingerprint density at radius 1 is 1.45 bits per heavy atom. The Kier molecular flexibility index (Phi) is 2.98. The minimum Gasteiger partial charge on any atom is -0.321 e. The summed E-state index contributed by atoms with van der Waals surface area (Å²) in [5.74, 6) is 0.745. The Balaban J connectivity index is 2.61. The lowest BCUT2D eigenvalue weighted by atomic mass is 10.2. The molecule has 0 radical (unpaired) electrons. The highest BCUT2D eigenvalue weighted by Crippen LogP contribution is 2.08. The largest absolute Gasteiger partial charge is 0.321 e. The van der Waals surface area contributed by atoms with Gasteiger partial charge in [0.25, 0.3) is 0 Å². The van der Waals surface area contributed by atoms with Crippen molar-refractivity contribution in [2.45, 2.75) is 25.8 Å². The van der Waals surface area contributed by atoms with Crippen molar-refractivity contribution in [3.05, 3.63) is 24.3 Å². The molecule has 1 aromatic rings. The van der Waals surface area contributed by atoms with Crippen molar-refractivity contribution in [2.75, 3.05) is 0 Å². The molecule has 0 spiro atoms. The van der Waals surface area contributed by atoms with Crippen LogP contribution in [0.4, 0.5) is 0 Å². The van der Waals surface area contributed by atoms with Crippen molar-refractivity contribution < 1.29 is 0 Å². The van der Waals surface area contributed by atoms with Gasteiger partial charge in [0.1, 0.15) is 5.82 Å². The fourth-order valence-corrected chi connectivity index (χ4v) is 0.942. The average molecular weight is 151 g/mol. The first-order chi connectivity index (χ1) is 5.34. The molecule has 1 rings (SSSR count). The summed E-state index contributed by atoms with van der Waals surface area (Å²) in [5.41, 5.74) is 5.78. The van der Waals surface area contributed by atoms with E-state index in [-0.39, 0.29) is 6.04 Å². The van der Waals surface area contributed by atoms with Crippen molar-refractivity contribution in [3.8, 4) is 0 Å². The molecule has 3 nitrogen and oxygen atoms in total. The molecule has 0 aliphatic carbocycles. The summed E-state index contributed by atoms with van der Waals surface area (Å²) in [6, 6.07) is 1.79. The van der Waals surface area contributed by atoms with Gasteiger partial charge >= 0.3 is 0 Å². The van der Waals surface area contributed by atoms with Crippen molar-refractivity contribution in [3.63, 3.8) is 0 Å². The minimum absolute atomic E-state index is 0.00111. The van der Waals surface area contributed by atoms with E-state index >= 15 is 0 Å². The molecule has 0 aliphatic rings. The summed E-state index contributed by atoms with van der Waals surface area (Å²) in [6.07, 6.45) is 5.46. The van der Waals surface area contributed by atoms with E-state index in [9.17, 15) is 0 Å². The van der Waals surface area contributed by atoms with Gasteiger partial charge in [0.15, 0.2) is 0 Å². The zero-order valence-corrected chi connectivity index (χ0v) is 6.70. The minimum atomic E-state index is 0.00111. The second kappa shape index (κ2) is 4.03. The molecule has 0 aliphatic heterocycles. The van der Waals surface area contributed by atoms with Crippen molar-refractivity contribution in [1.82, 2.24) is 9.97 Å². The van der Waals surface area contributed by atoms with Crippen molar-refractivity contribution >= 4 is 0 Å². The summed E-state index contributed by atoms with van der Waals surface area (Å²) < 4.78 is 0. The monoisotopic (exact) mass is 151 g/mol. The van der Waals surface area contributed by atoms with Crippen LogP contribution in [0, 0.1) is 0 Å². The molecule has 2 N–H and O–H groups in total. The quantitative estimate of drug-likeness (QED) is 0.707. The van der Waals surface area contributed by atoms with Crippen LogP contribution in [0.2, 0.25) is 0 Å². The van der Waals surface area contributed by atoms with Gasteiger partial charge in [0.2, 0.25) is 0 Å². The SMILES string of the molecule is CCC[C@@H](N)c1ncccn1. The van der Waals surface area contributed by atoms with E-state index in [2.05, 4.69) is 16.9 Å². The molecular formula is C8H13N3. The molecule has 60 valence electrons. The van der Waals surface area contributed by atoms with Crippen LogP contribution in [0.1, 0.15) is 31.6 Å². The van der Waals surface area contributed by atoms with Gasteiger partial charge in [-0.15, -0.1) is 0 Å². The van der Waals surface area contributed by atoms with Gasteiger partial charge in [0, 0.05) is 12.4 Å². The highest BCUT2D eigenvalue weighted by atomic mass is 14.9. The smallest absolute Gasteiger partial charge is 0.144 e. The van der Waals surface area contributed by atoms with Gasteiger partial charge in [-0.3, -0.25) is 0 Å². The van der Waals surface area contributed by atoms with E-state index in [0.29, 0.717) is 0 Å². The normalized spacial score (nSPS) is 12.9. The van der Waals surface area contributed by atoms with Crippen LogP contribution in [0.15, 0.2) is 18.5 Å². The lowest BCUT2D eigenvalue weighted by molar-refractivity contribution is 0.602. The molecular weight excluding hydrogens is 138 g/mol. The van der Waals surface area contributed by atoms with E-state index in [4.69, 9.17) is 5.73 Å². The van der Waals surface area contributed by atoms with Crippen molar-refractivity contribution in [2.24, 2.45) is 5.73 Å². The standard InChI is InChI=1S/C8H13N3/c1-2-4-7(9)8-10-5-3-6-11-8/h3,5-7H,2,4,9H2,1H3/t7-/m1/s1. The first-order valence-corrected chi connectivity index (χ1v) is 3.87. The second-order valence-corrected chi connectivity index (χ2v) is 2.50. The van der Waals surface area contributed by atoms with Crippen LogP contribution in [0.5, 0.6) is 0 Å². The van der Waals surface area contributed by atoms with Gasteiger partial charge in [0.05, 0.1) is 6.04 Å². The van der Waals surface area contributed by atoms with Gasteiger partial charge < -0.3 is 5.73 Å². The summed E-state index contributed by atoms with van der Waals surface area (Å²) in [4.78, 5) is 8.12. The van der Waals surface area contributed by atoms with Crippen LogP contribution in [0.3, 0.4) is 0 Å². The summed E-state index contributed by atoms with van der Waals surface area (Å²) in [7, 11) is 0. The number of rotatable bonds is 3. The van der Waals surface area contributed by atoms with E-state index in [1.54, 1.807) is 18.5 Å². The Labute approximate surface area is 66.7 Å². The zero-order valence-electron chi connectivity index (χ0n) is 6.70. The molecule has 0 unspecified atom stereocenters. The Hall–Kier alpha value is -0.960. The Morgan fingerprint density at radius 2 is 2.09 bits per heavy atom. The lowest BCUT2D eigenvalue weighted by Crippen LogP contribution is -2.12. The van der Waals surface area contributed by atoms with Gasteiger partial charge in [-0.2, -0.15) is 0 Å². The van der Waals surface area contributed by atoms with Crippen LogP contribution >= 0.6 is 0 Å². The molecule has 0 saturated carbocycles. The van der Waals surface area contributed by atoms with Gasteiger partial charge in [-0.25, -0.2) is 9.97 Å². The molecule has 0 saturated heterocycles. The van der Waals surface area contributed by atoms with E-state index < -0.39 is 0 Å². The average Bonchev–Trinajstić information content (AvgIpc) is 2.07. The molecule has 0 fully saturated rings. The highest BCUT2D eigenvalue weighted by Gasteiger charge is 2.05. The summed E-state index contributed by atoms with van der Waals surface area (Å²) in [5, 5.41) is 0. The van der Waals surface area contributed by atoms with Crippen LogP contribution < -0.4 is 5.73 Å². The number of nitrogens with zero attached hydrogens (tertiary/aromatic N) is 2. The molecule has 1 heterocycles. The third-order valence-electron chi connectivity index (χ3n) is 1.52. The molecule has 0 aromatic carbocycles. The summed E-state index contributed by atoms with van der Waals surface area (Å²) in [6.45, 7) is 2.10. The zero-order chi connectivity index (χ0) is 8.10. The van der Waals surface area contributed by atoms with Crippen LogP contribution in [0.25, 0.3) is 0 Å². The molecule has 0 amide bonds. The lowest BCUT2D eigenvalue weighted by Gasteiger charge is -2.06. The molecule has 1 atom stereocenters. The molecule has 3 heteroatoms. The Bertz CT molecular complexity index is 198.